The Morgan fingerprint density at radius 1 is 1.12 bits per heavy atom. The van der Waals surface area contributed by atoms with Crippen molar-refractivity contribution in [2.24, 2.45) is 0 Å². The number of hydrogen-bond donors (Lipinski definition) is 2. The van der Waals surface area contributed by atoms with E-state index in [1.54, 1.807) is 12.0 Å². The second-order valence-electron chi connectivity index (χ2n) is 8.00. The van der Waals surface area contributed by atoms with Gasteiger partial charge in [0.25, 0.3) is 0 Å². The first kappa shape index (κ1) is 22.5. The normalized spacial score (nSPS) is 12.4. The summed E-state index contributed by atoms with van der Waals surface area (Å²) in [6, 6.07) is 19.4. The van der Waals surface area contributed by atoms with E-state index in [1.165, 1.54) is 5.56 Å². The van der Waals surface area contributed by atoms with Crippen molar-refractivity contribution in [2.75, 3.05) is 37.0 Å². The van der Waals surface area contributed by atoms with Crippen LogP contribution >= 0.6 is 0 Å². The van der Waals surface area contributed by atoms with Gasteiger partial charge in [0.05, 0.1) is 19.4 Å². The number of pyridine rings is 1. The minimum Gasteiger partial charge on any atom is -0.495 e. The van der Waals surface area contributed by atoms with Crippen LogP contribution in [0, 0.1) is 0 Å². The van der Waals surface area contributed by atoms with Crippen molar-refractivity contribution in [3.63, 3.8) is 0 Å². The Morgan fingerprint density at radius 3 is 2.73 bits per heavy atom. The first-order chi connectivity index (χ1) is 16.1. The van der Waals surface area contributed by atoms with Gasteiger partial charge in [-0.3, -0.25) is 4.79 Å². The van der Waals surface area contributed by atoms with Crippen molar-refractivity contribution in [1.29, 1.82) is 0 Å². The Labute approximate surface area is 194 Å². The molecule has 0 radical (unpaired) electrons. The van der Waals surface area contributed by atoms with Gasteiger partial charge in [0, 0.05) is 25.2 Å². The average molecular weight is 448 g/mol. The predicted octanol–water partition coefficient (Wildman–Crippen LogP) is 4.16. The number of carbonyl (C=O) groups is 1. The Kier molecular flexibility index (Phi) is 7.29. The summed E-state index contributed by atoms with van der Waals surface area (Å²) in [5.41, 5.74) is 4.03. The zero-order chi connectivity index (χ0) is 23.0. The average Bonchev–Trinajstić information content (AvgIpc) is 2.84. The van der Waals surface area contributed by atoms with E-state index in [9.17, 15) is 9.90 Å². The van der Waals surface area contributed by atoms with Gasteiger partial charge in [-0.1, -0.05) is 30.3 Å². The molecule has 1 aliphatic rings. The molecule has 172 valence electrons. The molecule has 1 aromatic heterocycles. The Bertz CT molecular complexity index is 1090. The molecule has 2 aromatic carbocycles. The lowest BCUT2D eigenvalue weighted by Gasteiger charge is -2.25. The quantitative estimate of drug-likeness (QED) is 0.483. The molecule has 7 nitrogen and oxygen atoms in total. The van der Waals surface area contributed by atoms with Gasteiger partial charge in [-0.05, 0) is 54.3 Å². The molecule has 4 rings (SSSR count). The lowest BCUT2D eigenvalue weighted by atomic mass is 10.1. The first-order valence-electron chi connectivity index (χ1n) is 11.2. The maximum absolute atomic E-state index is 11.4. The molecule has 7 heteroatoms. The summed E-state index contributed by atoms with van der Waals surface area (Å²) in [5, 5.41) is 12.7. The molecule has 0 saturated heterocycles. The number of carboxylic acids is 1. The topological polar surface area (TPSA) is 83.9 Å². The number of rotatable bonds is 10. The summed E-state index contributed by atoms with van der Waals surface area (Å²) >= 11 is 0. The minimum atomic E-state index is -0.896. The fourth-order valence-electron chi connectivity index (χ4n) is 3.97. The first-order valence-corrected chi connectivity index (χ1v) is 11.2. The summed E-state index contributed by atoms with van der Waals surface area (Å²) in [6.07, 6.45) is 2.97. The van der Waals surface area contributed by atoms with E-state index in [2.05, 4.69) is 17.4 Å². The number of carboxylic acid groups (broad SMARTS) is 1. The molecule has 2 heterocycles. The Hall–Kier alpha value is -3.74. The fourth-order valence-corrected chi connectivity index (χ4v) is 3.97. The summed E-state index contributed by atoms with van der Waals surface area (Å²) < 4.78 is 11.3. The van der Waals surface area contributed by atoms with Crippen LogP contribution < -0.4 is 19.7 Å². The number of hydrogen-bond acceptors (Lipinski definition) is 6. The van der Waals surface area contributed by atoms with Crippen molar-refractivity contribution in [1.82, 2.24) is 4.98 Å². The van der Waals surface area contributed by atoms with Gasteiger partial charge in [-0.15, -0.1) is 0 Å². The maximum atomic E-state index is 11.4. The smallest absolute Gasteiger partial charge is 0.323 e. The van der Waals surface area contributed by atoms with Crippen LogP contribution in [0.2, 0.25) is 0 Å². The van der Waals surface area contributed by atoms with Crippen LogP contribution in [-0.2, 0) is 24.2 Å². The Morgan fingerprint density at radius 2 is 1.94 bits per heavy atom. The van der Waals surface area contributed by atoms with Crippen LogP contribution in [0.4, 0.5) is 11.5 Å². The second-order valence-corrected chi connectivity index (χ2v) is 8.00. The molecule has 1 aliphatic heterocycles. The third-order valence-electron chi connectivity index (χ3n) is 5.63. The van der Waals surface area contributed by atoms with Gasteiger partial charge in [0.1, 0.15) is 23.9 Å². The van der Waals surface area contributed by atoms with E-state index < -0.39 is 5.97 Å². The number of aryl methyl sites for hydroxylation is 1. The van der Waals surface area contributed by atoms with Gasteiger partial charge in [-0.25, -0.2) is 4.98 Å². The van der Waals surface area contributed by atoms with Gasteiger partial charge < -0.3 is 24.8 Å². The van der Waals surface area contributed by atoms with E-state index in [1.807, 2.05) is 48.5 Å². The number of para-hydroxylation sites is 2. The highest BCUT2D eigenvalue weighted by Gasteiger charge is 2.15. The van der Waals surface area contributed by atoms with Gasteiger partial charge in [-0.2, -0.15) is 0 Å². The number of anilines is 2. The number of aliphatic carboxylic acids is 1. The molecule has 0 bridgehead atoms. The number of fused-ring (bicyclic) bond motifs is 1. The second kappa shape index (κ2) is 10.7. The number of nitrogens with one attached hydrogen (secondary N) is 1. The van der Waals surface area contributed by atoms with Crippen LogP contribution in [0.1, 0.15) is 23.2 Å². The van der Waals surface area contributed by atoms with Gasteiger partial charge in [0.15, 0.2) is 0 Å². The van der Waals surface area contributed by atoms with Gasteiger partial charge >= 0.3 is 5.97 Å². The highest BCUT2D eigenvalue weighted by molar-refractivity contribution is 5.75. The molecule has 0 saturated carbocycles. The highest BCUT2D eigenvalue weighted by Crippen LogP contribution is 2.29. The molecule has 2 N–H and O–H groups in total. The van der Waals surface area contributed by atoms with Crippen molar-refractivity contribution in [3.05, 3.63) is 77.5 Å². The lowest BCUT2D eigenvalue weighted by molar-refractivity contribution is -0.135. The minimum absolute atomic E-state index is 0.124. The molecular weight excluding hydrogens is 418 g/mol. The standard InChI is InChI=1S/C26H29N3O4/c1-32-24-7-3-2-6-23(24)29(18-25(30)31)17-19-8-12-22(13-9-19)33-16-14-21-11-10-20-5-4-15-27-26(20)28-21/h2-3,6-13H,4-5,14-18H2,1H3,(H,27,28)(H,30,31). The molecule has 0 fully saturated rings. The molecular formula is C26H29N3O4. The van der Waals surface area contributed by atoms with Gasteiger partial charge in [0.2, 0.25) is 0 Å². The summed E-state index contributed by atoms with van der Waals surface area (Å²) in [7, 11) is 1.58. The molecule has 3 aromatic rings. The number of methoxy groups -OCH3 is 1. The van der Waals surface area contributed by atoms with Crippen LogP contribution in [0.15, 0.2) is 60.7 Å². The molecule has 0 atom stereocenters. The van der Waals surface area contributed by atoms with E-state index in [0.717, 1.165) is 54.3 Å². The van der Waals surface area contributed by atoms with E-state index in [0.29, 0.717) is 18.9 Å². The number of benzene rings is 2. The molecule has 0 amide bonds. The predicted molar refractivity (Wildman–Crippen MR) is 128 cm³/mol. The third-order valence-corrected chi connectivity index (χ3v) is 5.63. The summed E-state index contributed by atoms with van der Waals surface area (Å²) in [6.45, 7) is 1.84. The van der Waals surface area contributed by atoms with Crippen molar-refractivity contribution in [2.45, 2.75) is 25.8 Å². The maximum Gasteiger partial charge on any atom is 0.323 e. The SMILES string of the molecule is COc1ccccc1N(CC(=O)O)Cc1ccc(OCCc2ccc3c(n2)NCCC3)cc1. The van der Waals surface area contributed by atoms with Crippen LogP contribution in [0.3, 0.4) is 0 Å². The highest BCUT2D eigenvalue weighted by atomic mass is 16.5. The van der Waals surface area contributed by atoms with Crippen LogP contribution in [-0.4, -0.2) is 42.9 Å². The third kappa shape index (κ3) is 5.94. The monoisotopic (exact) mass is 447 g/mol. The summed E-state index contributed by atoms with van der Waals surface area (Å²) in [5.74, 6) is 1.53. The number of nitrogens with zero attached hydrogens (tertiary/aromatic N) is 2. The van der Waals surface area contributed by atoms with Crippen molar-refractivity contribution >= 4 is 17.5 Å². The zero-order valence-corrected chi connectivity index (χ0v) is 18.8. The van der Waals surface area contributed by atoms with Crippen molar-refractivity contribution < 1.29 is 19.4 Å². The van der Waals surface area contributed by atoms with Crippen LogP contribution in [0.5, 0.6) is 11.5 Å². The number of aromatic nitrogens is 1. The van der Waals surface area contributed by atoms with Crippen LogP contribution in [0.25, 0.3) is 0 Å². The van der Waals surface area contributed by atoms with Crippen molar-refractivity contribution in [3.8, 4) is 11.5 Å². The summed E-state index contributed by atoms with van der Waals surface area (Å²) in [4.78, 5) is 17.9. The molecule has 0 unspecified atom stereocenters. The molecule has 33 heavy (non-hydrogen) atoms. The number of ether oxygens (including phenoxy) is 2. The van der Waals surface area contributed by atoms with E-state index in [-0.39, 0.29) is 6.54 Å². The molecule has 0 spiro atoms. The zero-order valence-electron chi connectivity index (χ0n) is 18.8. The fraction of sp³-hybridized carbons (Fsp3) is 0.308. The largest absolute Gasteiger partial charge is 0.495 e. The lowest BCUT2D eigenvalue weighted by Crippen LogP contribution is -2.29. The van der Waals surface area contributed by atoms with E-state index in [4.69, 9.17) is 14.5 Å². The van der Waals surface area contributed by atoms with E-state index >= 15 is 0 Å². The molecule has 0 aliphatic carbocycles. The Balaban J connectivity index is 1.35.